The number of aromatic nitrogens is 2. The molecule has 4 N–H and O–H groups in total. The van der Waals surface area contributed by atoms with Crippen molar-refractivity contribution in [2.24, 2.45) is 0 Å². The van der Waals surface area contributed by atoms with Gasteiger partial charge in [0, 0.05) is 19.5 Å². The number of phenolic OH excluding ortho intramolecular Hbond substituents is 1. The van der Waals surface area contributed by atoms with Gasteiger partial charge in [0.2, 0.25) is 0 Å². The molecule has 3 atom stereocenters. The Balaban J connectivity index is 1.49. The van der Waals surface area contributed by atoms with E-state index in [0.29, 0.717) is 30.3 Å². The van der Waals surface area contributed by atoms with Gasteiger partial charge < -0.3 is 30.5 Å². The number of carbonyl (C=O) groups excluding carboxylic acids is 1. The van der Waals surface area contributed by atoms with Crippen LogP contribution in [-0.4, -0.2) is 61.1 Å². The van der Waals surface area contributed by atoms with E-state index in [4.69, 9.17) is 4.74 Å². The molecular formula is C21H27N5O4S. The number of aliphatic hydroxyl groups excluding tert-OH is 1. The zero-order valence-corrected chi connectivity index (χ0v) is 18.4. The topological polar surface area (TPSA) is 120 Å². The van der Waals surface area contributed by atoms with Gasteiger partial charge in [-0.15, -0.1) is 0 Å². The van der Waals surface area contributed by atoms with E-state index in [-0.39, 0.29) is 35.9 Å². The summed E-state index contributed by atoms with van der Waals surface area (Å²) in [5, 5.41) is 26.9. The fourth-order valence-corrected chi connectivity index (χ4v) is 4.37. The molecule has 1 saturated heterocycles. The molecule has 10 heteroatoms. The lowest BCUT2D eigenvalue weighted by Crippen LogP contribution is -2.33. The van der Waals surface area contributed by atoms with E-state index in [1.807, 2.05) is 6.92 Å². The summed E-state index contributed by atoms with van der Waals surface area (Å²) in [6.07, 6.45) is 3.57. The van der Waals surface area contributed by atoms with Crippen molar-refractivity contribution in [1.29, 1.82) is 0 Å². The van der Waals surface area contributed by atoms with Crippen LogP contribution in [-0.2, 0) is 4.74 Å². The first-order valence-corrected chi connectivity index (χ1v) is 11.2. The minimum absolute atomic E-state index is 0.0321. The second-order valence-electron chi connectivity index (χ2n) is 7.98. The summed E-state index contributed by atoms with van der Waals surface area (Å²) >= 11 is 1.05. The maximum atomic E-state index is 12.8. The van der Waals surface area contributed by atoms with Gasteiger partial charge >= 0.3 is 0 Å². The molecule has 1 unspecified atom stereocenters. The maximum absolute atomic E-state index is 12.8. The fraction of sp³-hybridized carbons (Fsp3) is 0.476. The van der Waals surface area contributed by atoms with Gasteiger partial charge in [-0.25, -0.2) is 0 Å². The van der Waals surface area contributed by atoms with E-state index in [1.165, 1.54) is 5.57 Å². The smallest absolute Gasteiger partial charge is 0.257 e. The van der Waals surface area contributed by atoms with E-state index in [1.54, 1.807) is 29.4 Å². The lowest BCUT2D eigenvalue weighted by molar-refractivity contribution is 0.0762. The molecule has 0 aliphatic carbocycles. The monoisotopic (exact) mass is 445 g/mol. The maximum Gasteiger partial charge on any atom is 0.257 e. The Kier molecular flexibility index (Phi) is 6.28. The number of nitrogens with zero attached hydrogens (tertiary/aromatic N) is 3. The number of amides is 1. The summed E-state index contributed by atoms with van der Waals surface area (Å²) in [6.45, 7) is 4.87. The highest BCUT2D eigenvalue weighted by Crippen LogP contribution is 2.34. The number of benzene rings is 1. The van der Waals surface area contributed by atoms with Crippen molar-refractivity contribution < 1.29 is 19.7 Å². The molecule has 0 radical (unpaired) electrons. The zero-order valence-electron chi connectivity index (χ0n) is 17.5. The molecule has 166 valence electrons. The predicted octanol–water partition coefficient (Wildman–Crippen LogP) is 3.08. The van der Waals surface area contributed by atoms with E-state index >= 15 is 0 Å². The van der Waals surface area contributed by atoms with Gasteiger partial charge in [0.1, 0.15) is 6.10 Å². The first-order valence-electron chi connectivity index (χ1n) is 10.4. The number of aliphatic hydroxyl groups is 1. The van der Waals surface area contributed by atoms with Crippen LogP contribution in [0, 0.1) is 0 Å². The molecule has 2 aliphatic rings. The van der Waals surface area contributed by atoms with Gasteiger partial charge in [0.15, 0.2) is 17.4 Å². The van der Waals surface area contributed by atoms with Crippen molar-refractivity contribution in [2.45, 2.75) is 51.4 Å². The highest BCUT2D eigenvalue weighted by atomic mass is 32.1. The Hall–Kier alpha value is -2.85. The van der Waals surface area contributed by atoms with Crippen LogP contribution < -0.4 is 10.6 Å². The summed E-state index contributed by atoms with van der Waals surface area (Å²) < 4.78 is 14.4. The number of carbonyl (C=O) groups is 1. The Morgan fingerprint density at radius 2 is 2.19 bits per heavy atom. The van der Waals surface area contributed by atoms with E-state index in [0.717, 1.165) is 24.6 Å². The second-order valence-corrected chi connectivity index (χ2v) is 8.51. The third-order valence-electron chi connectivity index (χ3n) is 5.64. The highest BCUT2D eigenvalue weighted by molar-refractivity contribution is 6.99. The SMILES string of the molecule is CC[C@@H](Nc1nsnc1Nc1cccc(C(=O)N2CC[C@@H](O)C2)c1O)C1CC(C)=CO1. The Labute approximate surface area is 185 Å². The Morgan fingerprint density at radius 1 is 1.39 bits per heavy atom. The van der Waals surface area contributed by atoms with Crippen LogP contribution in [0.15, 0.2) is 30.0 Å². The summed E-state index contributed by atoms with van der Waals surface area (Å²) in [7, 11) is 0. The van der Waals surface area contributed by atoms with Crippen LogP contribution in [0.1, 0.15) is 43.5 Å². The number of β-amino-alcohol motifs (C(OH)–C–C–N with tert-alkyl or cyclic N) is 1. The van der Waals surface area contributed by atoms with Crippen molar-refractivity contribution >= 4 is 35.0 Å². The number of ether oxygens (including phenoxy) is 1. The van der Waals surface area contributed by atoms with Gasteiger partial charge in [-0.05, 0) is 37.5 Å². The average molecular weight is 446 g/mol. The molecule has 9 nitrogen and oxygen atoms in total. The van der Waals surface area contributed by atoms with Crippen molar-refractivity contribution in [2.75, 3.05) is 23.7 Å². The van der Waals surface area contributed by atoms with Crippen molar-refractivity contribution in [3.63, 3.8) is 0 Å². The van der Waals surface area contributed by atoms with Crippen LogP contribution in [0.2, 0.25) is 0 Å². The number of hydrogen-bond acceptors (Lipinski definition) is 9. The molecule has 2 aliphatic heterocycles. The van der Waals surface area contributed by atoms with E-state index in [9.17, 15) is 15.0 Å². The van der Waals surface area contributed by atoms with Crippen molar-refractivity contribution in [1.82, 2.24) is 13.6 Å². The first kappa shape index (κ1) is 21.4. The van der Waals surface area contributed by atoms with Crippen molar-refractivity contribution in [3.05, 3.63) is 35.6 Å². The molecule has 4 rings (SSSR count). The van der Waals surface area contributed by atoms with Gasteiger partial charge in [-0.1, -0.05) is 13.0 Å². The first-order chi connectivity index (χ1) is 15.0. The number of nitrogens with one attached hydrogen (secondary N) is 2. The summed E-state index contributed by atoms with van der Waals surface area (Å²) in [5.41, 5.74) is 1.75. The summed E-state index contributed by atoms with van der Waals surface area (Å²) in [5.74, 6) is 0.588. The molecular weight excluding hydrogens is 418 g/mol. The van der Waals surface area contributed by atoms with Crippen LogP contribution in [0.5, 0.6) is 5.75 Å². The van der Waals surface area contributed by atoms with Gasteiger partial charge in [0.25, 0.3) is 5.91 Å². The molecule has 0 bridgehead atoms. The number of rotatable bonds is 7. The Bertz CT molecular complexity index is 978. The highest BCUT2D eigenvalue weighted by Gasteiger charge is 2.29. The number of hydrogen-bond donors (Lipinski definition) is 4. The van der Waals surface area contributed by atoms with Crippen molar-refractivity contribution in [3.8, 4) is 5.75 Å². The van der Waals surface area contributed by atoms with Crippen LogP contribution in [0.4, 0.5) is 17.3 Å². The molecule has 0 spiro atoms. The second kappa shape index (κ2) is 9.11. The van der Waals surface area contributed by atoms with E-state index < -0.39 is 6.10 Å². The van der Waals surface area contributed by atoms with Gasteiger partial charge in [-0.2, -0.15) is 8.75 Å². The minimum atomic E-state index is -0.517. The standard InChI is InChI=1S/C21H27N5O4S/c1-3-15(17-9-12(2)11-30-17)22-19-20(25-31-24-19)23-16-6-4-5-14(18(16)28)21(29)26-8-7-13(27)10-26/h4-6,11,13,15,17,27-28H,3,7-10H2,1-2H3,(H,22,24)(H,23,25)/t13-,15-,17?/m1/s1. The molecule has 3 heterocycles. The lowest BCUT2D eigenvalue weighted by Gasteiger charge is -2.23. The normalized spacial score (nSPS) is 21.5. The van der Waals surface area contributed by atoms with Gasteiger partial charge in [0.05, 0.1) is 41.4 Å². The van der Waals surface area contributed by atoms with Crippen LogP contribution in [0.25, 0.3) is 0 Å². The summed E-state index contributed by atoms with van der Waals surface area (Å²) in [4.78, 5) is 14.3. The molecule has 31 heavy (non-hydrogen) atoms. The van der Waals surface area contributed by atoms with Crippen LogP contribution >= 0.6 is 11.7 Å². The molecule has 0 saturated carbocycles. The minimum Gasteiger partial charge on any atom is -0.505 e. The van der Waals surface area contributed by atoms with Gasteiger partial charge in [-0.3, -0.25) is 4.79 Å². The number of aromatic hydroxyl groups is 1. The molecule has 2 aromatic rings. The predicted molar refractivity (Wildman–Crippen MR) is 119 cm³/mol. The summed E-state index contributed by atoms with van der Waals surface area (Å²) in [6, 6.07) is 5.01. The average Bonchev–Trinajstić information content (AvgIpc) is 3.49. The number of para-hydroxylation sites is 1. The molecule has 1 fully saturated rings. The quantitative estimate of drug-likeness (QED) is 0.480. The Morgan fingerprint density at radius 3 is 2.87 bits per heavy atom. The molecule has 1 aromatic heterocycles. The van der Waals surface area contributed by atoms with E-state index in [2.05, 4.69) is 26.3 Å². The fourth-order valence-electron chi connectivity index (χ4n) is 3.89. The largest absolute Gasteiger partial charge is 0.505 e. The molecule has 1 aromatic carbocycles. The lowest BCUT2D eigenvalue weighted by atomic mass is 10.0. The number of anilines is 3. The number of likely N-dealkylation sites (tertiary alicyclic amines) is 1. The van der Waals surface area contributed by atoms with Crippen LogP contribution in [0.3, 0.4) is 0 Å². The zero-order chi connectivity index (χ0) is 22.0. The third-order valence-corrected chi connectivity index (χ3v) is 6.16. The number of phenols is 1. The molecule has 1 amide bonds. The third kappa shape index (κ3) is 4.59.